The van der Waals surface area contributed by atoms with Crippen molar-refractivity contribution in [2.45, 2.75) is 13.8 Å². The second-order valence-corrected chi connectivity index (χ2v) is 5.55. The first-order valence-electron chi connectivity index (χ1n) is 6.96. The molecule has 4 nitrogen and oxygen atoms in total. The molecule has 0 aliphatic heterocycles. The smallest absolute Gasteiger partial charge is 0.335 e. The van der Waals surface area contributed by atoms with Crippen LogP contribution in [0.1, 0.15) is 28.4 Å². The number of amides is 1. The molecule has 2 N–H and O–H groups in total. The zero-order valence-electron chi connectivity index (χ0n) is 12.8. The van der Waals surface area contributed by atoms with Crippen LogP contribution in [0.2, 0.25) is 5.02 Å². The van der Waals surface area contributed by atoms with Crippen molar-refractivity contribution in [2.75, 3.05) is 5.32 Å². The van der Waals surface area contributed by atoms with Crippen molar-refractivity contribution >= 4 is 35.2 Å². The predicted molar refractivity (Wildman–Crippen MR) is 91.9 cm³/mol. The Morgan fingerprint density at radius 3 is 2.52 bits per heavy atom. The van der Waals surface area contributed by atoms with Crippen LogP contribution in [0.15, 0.2) is 48.0 Å². The van der Waals surface area contributed by atoms with Gasteiger partial charge in [-0.05, 0) is 49.2 Å². The molecule has 0 spiro atoms. The highest BCUT2D eigenvalue weighted by Gasteiger charge is 2.11. The molecule has 0 unspecified atom stereocenters. The van der Waals surface area contributed by atoms with Crippen molar-refractivity contribution in [1.82, 2.24) is 0 Å². The molecule has 2 rings (SSSR count). The number of carboxylic acid groups (broad SMARTS) is 1. The minimum Gasteiger partial charge on any atom is -0.478 e. The lowest BCUT2D eigenvalue weighted by Crippen LogP contribution is -2.13. The van der Waals surface area contributed by atoms with E-state index in [0.717, 1.165) is 11.1 Å². The molecule has 2 aromatic carbocycles. The Balaban J connectivity index is 2.23. The van der Waals surface area contributed by atoms with Crippen LogP contribution >= 0.6 is 11.6 Å². The fourth-order valence-electron chi connectivity index (χ4n) is 2.02. The van der Waals surface area contributed by atoms with Gasteiger partial charge in [0.25, 0.3) is 5.91 Å². The highest BCUT2D eigenvalue weighted by Crippen LogP contribution is 2.24. The van der Waals surface area contributed by atoms with Crippen LogP contribution < -0.4 is 5.32 Å². The number of halogens is 1. The van der Waals surface area contributed by atoms with Gasteiger partial charge in [-0.1, -0.05) is 35.9 Å². The zero-order valence-corrected chi connectivity index (χ0v) is 13.5. The highest BCUT2D eigenvalue weighted by molar-refractivity contribution is 6.34. The summed E-state index contributed by atoms with van der Waals surface area (Å²) >= 11 is 6.01. The van der Waals surface area contributed by atoms with E-state index in [0.29, 0.717) is 5.57 Å². The first-order valence-corrected chi connectivity index (χ1v) is 7.34. The van der Waals surface area contributed by atoms with E-state index >= 15 is 0 Å². The molecule has 0 atom stereocenters. The van der Waals surface area contributed by atoms with Gasteiger partial charge in [0, 0.05) is 5.57 Å². The van der Waals surface area contributed by atoms with Gasteiger partial charge in [-0.15, -0.1) is 0 Å². The monoisotopic (exact) mass is 329 g/mol. The Kier molecular flexibility index (Phi) is 5.19. The van der Waals surface area contributed by atoms with Crippen molar-refractivity contribution < 1.29 is 14.7 Å². The van der Waals surface area contributed by atoms with Crippen LogP contribution in [0.3, 0.4) is 0 Å². The molecule has 0 heterocycles. The van der Waals surface area contributed by atoms with Crippen LogP contribution in [-0.4, -0.2) is 17.0 Å². The van der Waals surface area contributed by atoms with Crippen molar-refractivity contribution in [3.05, 3.63) is 69.8 Å². The van der Waals surface area contributed by atoms with Gasteiger partial charge in [0.05, 0.1) is 16.3 Å². The van der Waals surface area contributed by atoms with Gasteiger partial charge in [0.2, 0.25) is 0 Å². The summed E-state index contributed by atoms with van der Waals surface area (Å²) in [6, 6.07) is 11.9. The predicted octanol–water partition coefficient (Wildman–Crippen LogP) is 4.39. The van der Waals surface area contributed by atoms with Crippen LogP contribution in [0.25, 0.3) is 6.08 Å². The van der Waals surface area contributed by atoms with Gasteiger partial charge < -0.3 is 10.4 Å². The summed E-state index contributed by atoms with van der Waals surface area (Å²) in [5.74, 6) is -1.41. The van der Waals surface area contributed by atoms with Gasteiger partial charge >= 0.3 is 5.97 Å². The highest BCUT2D eigenvalue weighted by atomic mass is 35.5. The summed E-state index contributed by atoms with van der Waals surface area (Å²) in [5, 5.41) is 11.9. The topological polar surface area (TPSA) is 66.4 Å². The molecule has 0 aliphatic rings. The number of nitrogens with one attached hydrogen (secondary N) is 1. The van der Waals surface area contributed by atoms with Crippen LogP contribution in [0.4, 0.5) is 5.69 Å². The third-order valence-corrected chi connectivity index (χ3v) is 3.71. The van der Waals surface area contributed by atoms with Crippen LogP contribution in [-0.2, 0) is 4.79 Å². The molecule has 0 radical (unpaired) electrons. The number of rotatable bonds is 4. The van der Waals surface area contributed by atoms with Crippen molar-refractivity contribution in [1.29, 1.82) is 0 Å². The van der Waals surface area contributed by atoms with Gasteiger partial charge in [-0.3, -0.25) is 4.79 Å². The lowest BCUT2D eigenvalue weighted by Gasteiger charge is -2.09. The number of aryl methyl sites for hydroxylation is 1. The lowest BCUT2D eigenvalue weighted by atomic mass is 10.1. The molecule has 0 saturated heterocycles. The minimum atomic E-state index is -1.08. The van der Waals surface area contributed by atoms with E-state index in [1.54, 1.807) is 13.0 Å². The molecule has 118 valence electrons. The van der Waals surface area contributed by atoms with Gasteiger partial charge in [0.15, 0.2) is 0 Å². The van der Waals surface area contributed by atoms with Gasteiger partial charge in [-0.25, -0.2) is 4.79 Å². The number of hydrogen-bond donors (Lipinski definition) is 2. The molecule has 0 saturated carbocycles. The lowest BCUT2D eigenvalue weighted by molar-refractivity contribution is -0.112. The fraction of sp³-hybridized carbons (Fsp3) is 0.111. The minimum absolute atomic E-state index is 0.0604. The van der Waals surface area contributed by atoms with Crippen LogP contribution in [0, 0.1) is 6.92 Å². The van der Waals surface area contributed by atoms with E-state index in [-0.39, 0.29) is 22.2 Å². The Bertz CT molecular complexity index is 797. The Morgan fingerprint density at radius 1 is 1.17 bits per heavy atom. The van der Waals surface area contributed by atoms with Gasteiger partial charge in [0.1, 0.15) is 0 Å². The Morgan fingerprint density at radius 2 is 1.87 bits per heavy atom. The molecule has 23 heavy (non-hydrogen) atoms. The first-order chi connectivity index (χ1) is 10.9. The van der Waals surface area contributed by atoms with E-state index in [1.807, 2.05) is 31.2 Å². The second-order valence-electron chi connectivity index (χ2n) is 5.14. The standard InChI is InChI=1S/C18H16ClNO3/c1-11-5-3-4-6-13(11)9-12(2)17(21)20-16-10-14(18(22)23)7-8-15(16)19/h3-10H,1-2H3,(H,20,21)(H,22,23)/b12-9+. The van der Waals surface area contributed by atoms with E-state index in [9.17, 15) is 9.59 Å². The molecule has 1 amide bonds. The molecule has 2 aromatic rings. The molecule has 0 fully saturated rings. The number of anilines is 1. The number of benzene rings is 2. The molecule has 0 aromatic heterocycles. The molecule has 0 bridgehead atoms. The SMILES string of the molecule is C/C(=C\c1ccccc1C)C(=O)Nc1cc(C(=O)O)ccc1Cl. The molecular weight excluding hydrogens is 314 g/mol. The van der Waals surface area contributed by atoms with E-state index in [1.165, 1.54) is 18.2 Å². The third-order valence-electron chi connectivity index (χ3n) is 3.38. The summed E-state index contributed by atoms with van der Waals surface area (Å²) in [5.41, 5.74) is 2.84. The van der Waals surface area contributed by atoms with Crippen molar-refractivity contribution in [3.63, 3.8) is 0 Å². The second kappa shape index (κ2) is 7.11. The quantitative estimate of drug-likeness (QED) is 0.817. The van der Waals surface area contributed by atoms with E-state index in [2.05, 4.69) is 5.32 Å². The summed E-state index contributed by atoms with van der Waals surface area (Å²) in [6.45, 7) is 3.65. The average molecular weight is 330 g/mol. The largest absolute Gasteiger partial charge is 0.478 e. The molecule has 5 heteroatoms. The maximum Gasteiger partial charge on any atom is 0.335 e. The van der Waals surface area contributed by atoms with Crippen LogP contribution in [0.5, 0.6) is 0 Å². The normalized spacial score (nSPS) is 11.2. The average Bonchev–Trinajstić information content (AvgIpc) is 2.51. The Labute approximate surface area is 139 Å². The van der Waals surface area contributed by atoms with E-state index in [4.69, 9.17) is 16.7 Å². The summed E-state index contributed by atoms with van der Waals surface area (Å²) < 4.78 is 0. The fourth-order valence-corrected chi connectivity index (χ4v) is 2.19. The third kappa shape index (κ3) is 4.20. The summed E-state index contributed by atoms with van der Waals surface area (Å²) in [4.78, 5) is 23.3. The summed E-state index contributed by atoms with van der Waals surface area (Å²) in [6.07, 6.45) is 1.78. The van der Waals surface area contributed by atoms with Gasteiger partial charge in [-0.2, -0.15) is 0 Å². The summed E-state index contributed by atoms with van der Waals surface area (Å²) in [7, 11) is 0. The number of carbonyl (C=O) groups excluding carboxylic acids is 1. The van der Waals surface area contributed by atoms with E-state index < -0.39 is 5.97 Å². The van der Waals surface area contributed by atoms with Crippen molar-refractivity contribution in [2.24, 2.45) is 0 Å². The maximum absolute atomic E-state index is 12.3. The number of carboxylic acids is 1. The number of hydrogen-bond acceptors (Lipinski definition) is 2. The van der Waals surface area contributed by atoms with Crippen molar-refractivity contribution in [3.8, 4) is 0 Å². The Hall–Kier alpha value is -2.59. The molecular formula is C18H16ClNO3. The molecule has 0 aliphatic carbocycles. The number of carbonyl (C=O) groups is 2. The first kappa shape index (κ1) is 16.8. The number of aromatic carboxylic acids is 1. The maximum atomic E-state index is 12.3. The zero-order chi connectivity index (χ0) is 17.0.